The van der Waals surface area contributed by atoms with E-state index in [-0.39, 0.29) is 12.0 Å². The molecule has 0 spiro atoms. The van der Waals surface area contributed by atoms with Gasteiger partial charge >= 0.3 is 5.97 Å². The predicted molar refractivity (Wildman–Crippen MR) is 140 cm³/mol. The number of amides is 1. The van der Waals surface area contributed by atoms with Crippen molar-refractivity contribution in [2.75, 3.05) is 12.4 Å². The largest absolute Gasteiger partial charge is 0.497 e. The van der Waals surface area contributed by atoms with Crippen LogP contribution in [0.3, 0.4) is 0 Å². The molecule has 0 bridgehead atoms. The quantitative estimate of drug-likeness (QED) is 0.335. The van der Waals surface area contributed by atoms with Gasteiger partial charge in [0.1, 0.15) is 29.0 Å². The second-order valence-corrected chi connectivity index (χ2v) is 9.61. The monoisotopic (exact) mass is 486 g/mol. The maximum atomic E-state index is 13.0. The minimum absolute atomic E-state index is 0.189. The van der Waals surface area contributed by atoms with Crippen LogP contribution in [0, 0.1) is 0 Å². The van der Waals surface area contributed by atoms with Gasteiger partial charge in [0.25, 0.3) is 5.91 Å². The summed E-state index contributed by atoms with van der Waals surface area (Å²) in [4.78, 5) is 29.6. The minimum Gasteiger partial charge on any atom is -0.497 e. The number of pyridine rings is 1. The van der Waals surface area contributed by atoms with Crippen molar-refractivity contribution in [1.82, 2.24) is 14.7 Å². The van der Waals surface area contributed by atoms with Gasteiger partial charge in [-0.1, -0.05) is 30.3 Å². The van der Waals surface area contributed by atoms with Crippen molar-refractivity contribution in [3.8, 4) is 17.0 Å². The molecule has 0 radical (unpaired) electrons. The summed E-state index contributed by atoms with van der Waals surface area (Å²) in [5.74, 6) is -0.0230. The van der Waals surface area contributed by atoms with E-state index in [1.54, 1.807) is 25.4 Å². The maximum absolute atomic E-state index is 13.0. The number of ether oxygens (including phenoxy) is 1. The number of aromatic nitrogens is 2. The Morgan fingerprint density at radius 2 is 1.75 bits per heavy atom. The lowest BCUT2D eigenvalue weighted by Crippen LogP contribution is -2.42. The molecule has 0 aliphatic rings. The average molecular weight is 487 g/mol. The van der Waals surface area contributed by atoms with Crippen molar-refractivity contribution in [2.45, 2.75) is 38.8 Å². The summed E-state index contributed by atoms with van der Waals surface area (Å²) in [6.07, 6.45) is 1.96. The zero-order valence-corrected chi connectivity index (χ0v) is 20.8. The second kappa shape index (κ2) is 10.1. The fourth-order valence-corrected chi connectivity index (χ4v) is 3.90. The molecule has 2 aromatic heterocycles. The first-order valence-corrected chi connectivity index (χ1v) is 11.7. The highest BCUT2D eigenvalue weighted by Gasteiger charge is 2.23. The number of methoxy groups -OCH3 is 1. The molecule has 1 unspecified atom stereocenters. The molecule has 8 heteroatoms. The summed E-state index contributed by atoms with van der Waals surface area (Å²) in [5, 5.41) is 15.8. The normalized spacial score (nSPS) is 12.2. The van der Waals surface area contributed by atoms with Crippen LogP contribution >= 0.6 is 0 Å². The molecule has 0 saturated carbocycles. The van der Waals surface area contributed by atoms with Crippen molar-refractivity contribution in [3.05, 3.63) is 84.1 Å². The number of carboxylic acids is 1. The lowest BCUT2D eigenvalue weighted by atomic mass is 10.1. The zero-order valence-electron chi connectivity index (χ0n) is 20.8. The number of anilines is 1. The molecule has 4 rings (SSSR count). The first-order chi connectivity index (χ1) is 17.1. The van der Waals surface area contributed by atoms with Gasteiger partial charge in [0, 0.05) is 29.3 Å². The number of imidazole rings is 1. The number of hydrogen-bond donors (Lipinski definition) is 3. The van der Waals surface area contributed by atoms with Crippen LogP contribution in [0.2, 0.25) is 0 Å². The van der Waals surface area contributed by atoms with Gasteiger partial charge < -0.3 is 20.5 Å². The summed E-state index contributed by atoms with van der Waals surface area (Å²) >= 11 is 0. The lowest BCUT2D eigenvalue weighted by Gasteiger charge is -2.22. The molecule has 1 amide bonds. The van der Waals surface area contributed by atoms with Gasteiger partial charge in [0.15, 0.2) is 0 Å². The Morgan fingerprint density at radius 3 is 2.36 bits per heavy atom. The number of nitrogens with zero attached hydrogens (tertiary/aromatic N) is 2. The summed E-state index contributed by atoms with van der Waals surface area (Å²) in [6, 6.07) is 19.1. The minimum atomic E-state index is -1.09. The van der Waals surface area contributed by atoms with Gasteiger partial charge in [-0.25, -0.2) is 9.78 Å². The fraction of sp³-hybridized carbons (Fsp3) is 0.250. The fourth-order valence-electron chi connectivity index (χ4n) is 3.90. The Kier molecular flexibility index (Phi) is 6.96. The highest BCUT2D eigenvalue weighted by atomic mass is 16.5. The molecule has 1 atom stereocenters. The standard InChI is InChI=1S/C28H30N4O4/c1-28(2,3)31-25-24(19-10-12-21(36-4)13-11-19)30-23-17-20(14-15-32(23)25)26(33)29-22(27(34)35)16-18-8-6-5-7-9-18/h5-15,17,22,31H,16H2,1-4H3,(H,29,33)(H,34,35). The van der Waals surface area contributed by atoms with Crippen LogP contribution in [0.1, 0.15) is 36.7 Å². The third-order valence-corrected chi connectivity index (χ3v) is 5.63. The van der Waals surface area contributed by atoms with E-state index in [1.807, 2.05) is 59.0 Å². The van der Waals surface area contributed by atoms with Crippen LogP contribution < -0.4 is 15.4 Å². The number of hydrogen-bond acceptors (Lipinski definition) is 5. The van der Waals surface area contributed by atoms with E-state index in [2.05, 4.69) is 31.4 Å². The van der Waals surface area contributed by atoms with Crippen molar-refractivity contribution in [3.63, 3.8) is 0 Å². The van der Waals surface area contributed by atoms with E-state index in [1.165, 1.54) is 0 Å². The van der Waals surface area contributed by atoms with Crippen LogP contribution in [-0.4, -0.2) is 45.1 Å². The van der Waals surface area contributed by atoms with Crippen molar-refractivity contribution in [1.29, 1.82) is 0 Å². The molecule has 186 valence electrons. The lowest BCUT2D eigenvalue weighted by molar-refractivity contribution is -0.139. The highest BCUT2D eigenvalue weighted by molar-refractivity contribution is 5.97. The van der Waals surface area contributed by atoms with Crippen LogP contribution in [0.15, 0.2) is 72.9 Å². The Bertz CT molecular complexity index is 1370. The van der Waals surface area contributed by atoms with Gasteiger partial charge in [-0.3, -0.25) is 9.20 Å². The van der Waals surface area contributed by atoms with E-state index < -0.39 is 17.9 Å². The van der Waals surface area contributed by atoms with E-state index in [4.69, 9.17) is 9.72 Å². The van der Waals surface area contributed by atoms with E-state index >= 15 is 0 Å². The number of fused-ring (bicyclic) bond motifs is 1. The van der Waals surface area contributed by atoms with Gasteiger partial charge in [0.05, 0.1) is 7.11 Å². The summed E-state index contributed by atoms with van der Waals surface area (Å²) < 4.78 is 7.16. The zero-order chi connectivity index (χ0) is 25.9. The number of carboxylic acid groups (broad SMARTS) is 1. The first kappa shape index (κ1) is 24.8. The first-order valence-electron chi connectivity index (χ1n) is 11.7. The molecule has 0 aliphatic heterocycles. The van der Waals surface area contributed by atoms with E-state index in [0.717, 1.165) is 28.4 Å². The Balaban J connectivity index is 1.67. The Morgan fingerprint density at radius 1 is 1.06 bits per heavy atom. The van der Waals surface area contributed by atoms with Gasteiger partial charge in [-0.05, 0) is 62.7 Å². The molecule has 4 aromatic rings. The number of nitrogens with one attached hydrogen (secondary N) is 2. The molecule has 0 fully saturated rings. The summed E-state index contributed by atoms with van der Waals surface area (Å²) in [6.45, 7) is 6.18. The summed E-state index contributed by atoms with van der Waals surface area (Å²) in [5.41, 5.74) is 3.12. The van der Waals surface area contributed by atoms with Crippen molar-refractivity contribution >= 4 is 23.3 Å². The van der Waals surface area contributed by atoms with Crippen molar-refractivity contribution < 1.29 is 19.4 Å². The molecule has 8 nitrogen and oxygen atoms in total. The number of rotatable bonds is 8. The molecule has 36 heavy (non-hydrogen) atoms. The number of aliphatic carboxylic acids is 1. The molecule has 2 heterocycles. The molecule has 2 aromatic carbocycles. The van der Waals surface area contributed by atoms with Crippen LogP contribution in [0.4, 0.5) is 5.82 Å². The third-order valence-electron chi connectivity index (χ3n) is 5.63. The molecule has 0 saturated heterocycles. The highest BCUT2D eigenvalue weighted by Crippen LogP contribution is 2.32. The molecule has 0 aliphatic carbocycles. The third kappa shape index (κ3) is 5.66. The van der Waals surface area contributed by atoms with Gasteiger partial charge in [0.2, 0.25) is 0 Å². The van der Waals surface area contributed by atoms with E-state index in [0.29, 0.717) is 11.2 Å². The summed E-state index contributed by atoms with van der Waals surface area (Å²) in [7, 11) is 1.62. The number of benzene rings is 2. The molecular weight excluding hydrogens is 456 g/mol. The maximum Gasteiger partial charge on any atom is 0.326 e. The average Bonchev–Trinajstić information content (AvgIpc) is 3.20. The van der Waals surface area contributed by atoms with Crippen LogP contribution in [0.5, 0.6) is 5.75 Å². The predicted octanol–water partition coefficient (Wildman–Crippen LogP) is 4.65. The van der Waals surface area contributed by atoms with Crippen LogP contribution in [0.25, 0.3) is 16.9 Å². The molecule has 3 N–H and O–H groups in total. The van der Waals surface area contributed by atoms with Crippen molar-refractivity contribution in [2.24, 2.45) is 0 Å². The number of carbonyl (C=O) groups excluding carboxylic acids is 1. The Hall–Kier alpha value is -4.33. The second-order valence-electron chi connectivity index (χ2n) is 9.61. The number of carbonyl (C=O) groups is 2. The SMILES string of the molecule is COc1ccc(-c2nc3cc(C(=O)NC(Cc4ccccc4)C(=O)O)ccn3c2NC(C)(C)C)cc1. The topological polar surface area (TPSA) is 105 Å². The van der Waals surface area contributed by atoms with E-state index in [9.17, 15) is 14.7 Å². The van der Waals surface area contributed by atoms with Gasteiger partial charge in [-0.2, -0.15) is 0 Å². The molecular formula is C28H30N4O4. The smallest absolute Gasteiger partial charge is 0.326 e. The Labute approximate surface area is 209 Å². The van der Waals surface area contributed by atoms with Crippen LogP contribution in [-0.2, 0) is 11.2 Å². The van der Waals surface area contributed by atoms with Gasteiger partial charge in [-0.15, -0.1) is 0 Å².